The molecule has 2 aliphatic rings. The highest BCUT2D eigenvalue weighted by Gasteiger charge is 2.47. The zero-order valence-electron chi connectivity index (χ0n) is 17.7. The van der Waals surface area contributed by atoms with E-state index in [9.17, 15) is 14.4 Å². The molecule has 1 amide bonds. The smallest absolute Gasteiger partial charge is 0.303 e. The van der Waals surface area contributed by atoms with Gasteiger partial charge in [0, 0.05) is 38.1 Å². The van der Waals surface area contributed by atoms with Gasteiger partial charge in [0.15, 0.2) is 0 Å². The fourth-order valence-electron chi connectivity index (χ4n) is 4.49. The number of carboxylic acid groups (broad SMARTS) is 1. The summed E-state index contributed by atoms with van der Waals surface area (Å²) in [5.41, 5.74) is 0. The first kappa shape index (κ1) is 23.6. The van der Waals surface area contributed by atoms with Crippen LogP contribution in [0.1, 0.15) is 84.0 Å². The number of hydrogen-bond donors (Lipinski definition) is 2. The summed E-state index contributed by atoms with van der Waals surface area (Å²) in [7, 11) is 0. The van der Waals surface area contributed by atoms with Crippen molar-refractivity contribution in [3.63, 3.8) is 0 Å². The van der Waals surface area contributed by atoms with Crippen molar-refractivity contribution in [2.45, 2.75) is 96.2 Å². The number of nitrogens with one attached hydrogen (secondary N) is 1. The quantitative estimate of drug-likeness (QED) is 0.316. The standard InChI is InChI=1S/C23H37NO5/c1-2-3-6-9-17(25)12-15-22(26)24-16-19-18(20-13-14-21(19)29-20)10-7-4-5-8-11-23(27)28/h4,7,18-21H,2-3,5-6,8-16H2,1H3,(H,24,26)(H,27,28)/t18-,19+,20-,21+/m1/s1. The maximum absolute atomic E-state index is 12.2. The Morgan fingerprint density at radius 3 is 2.45 bits per heavy atom. The van der Waals surface area contributed by atoms with Crippen LogP contribution in [0.15, 0.2) is 12.2 Å². The molecule has 164 valence electrons. The van der Waals surface area contributed by atoms with Gasteiger partial charge in [-0.1, -0.05) is 31.9 Å². The maximum Gasteiger partial charge on any atom is 0.303 e. The third-order valence-electron chi connectivity index (χ3n) is 6.15. The molecule has 2 aliphatic heterocycles. The first-order valence-electron chi connectivity index (χ1n) is 11.3. The lowest BCUT2D eigenvalue weighted by atomic mass is 9.77. The number of amides is 1. The number of allylic oxidation sites excluding steroid dienone is 2. The van der Waals surface area contributed by atoms with Gasteiger partial charge in [0.2, 0.25) is 5.91 Å². The second-order valence-corrected chi connectivity index (χ2v) is 8.41. The van der Waals surface area contributed by atoms with Crippen molar-refractivity contribution in [3.8, 4) is 0 Å². The molecule has 0 radical (unpaired) electrons. The number of ether oxygens (including phenoxy) is 1. The zero-order valence-corrected chi connectivity index (χ0v) is 17.7. The number of rotatable bonds is 15. The molecular formula is C23H37NO5. The molecular weight excluding hydrogens is 370 g/mol. The molecule has 2 heterocycles. The van der Waals surface area contributed by atoms with E-state index in [4.69, 9.17) is 9.84 Å². The molecule has 0 aliphatic carbocycles. The van der Waals surface area contributed by atoms with Crippen molar-refractivity contribution < 1.29 is 24.2 Å². The number of fused-ring (bicyclic) bond motifs is 2. The van der Waals surface area contributed by atoms with Crippen molar-refractivity contribution in [3.05, 3.63) is 12.2 Å². The van der Waals surface area contributed by atoms with E-state index in [0.29, 0.717) is 37.6 Å². The average molecular weight is 408 g/mol. The van der Waals surface area contributed by atoms with E-state index in [1.165, 1.54) is 0 Å². The minimum absolute atomic E-state index is 0.0421. The van der Waals surface area contributed by atoms with E-state index < -0.39 is 5.97 Å². The number of ketones is 1. The van der Waals surface area contributed by atoms with Crippen LogP contribution in [-0.4, -0.2) is 41.5 Å². The number of unbranched alkanes of at least 4 members (excludes halogenated alkanes) is 3. The van der Waals surface area contributed by atoms with Crippen LogP contribution in [0, 0.1) is 11.8 Å². The summed E-state index contributed by atoms with van der Waals surface area (Å²) in [5, 5.41) is 11.7. The Morgan fingerprint density at radius 1 is 0.966 bits per heavy atom. The largest absolute Gasteiger partial charge is 0.481 e. The first-order valence-corrected chi connectivity index (χ1v) is 11.3. The predicted molar refractivity (Wildman–Crippen MR) is 112 cm³/mol. The highest BCUT2D eigenvalue weighted by atomic mass is 16.5. The summed E-state index contributed by atoms with van der Waals surface area (Å²) < 4.78 is 6.08. The molecule has 2 rings (SSSR count). The Bertz CT molecular complexity index is 574. The lowest BCUT2D eigenvalue weighted by Gasteiger charge is -2.27. The van der Waals surface area contributed by atoms with Gasteiger partial charge >= 0.3 is 5.97 Å². The van der Waals surface area contributed by atoms with E-state index >= 15 is 0 Å². The van der Waals surface area contributed by atoms with Crippen molar-refractivity contribution in [2.75, 3.05) is 6.54 Å². The van der Waals surface area contributed by atoms with Gasteiger partial charge in [-0.25, -0.2) is 0 Å². The van der Waals surface area contributed by atoms with Crippen LogP contribution in [0.25, 0.3) is 0 Å². The summed E-state index contributed by atoms with van der Waals surface area (Å²) in [5.74, 6) is 0.114. The number of aliphatic carboxylic acids is 1. The number of carboxylic acids is 1. The molecule has 0 unspecified atom stereocenters. The van der Waals surface area contributed by atoms with Gasteiger partial charge in [-0.2, -0.15) is 0 Å². The lowest BCUT2D eigenvalue weighted by Crippen LogP contribution is -2.38. The van der Waals surface area contributed by atoms with Crippen LogP contribution < -0.4 is 5.32 Å². The third kappa shape index (κ3) is 8.29. The molecule has 0 aromatic heterocycles. The molecule has 2 bridgehead atoms. The van der Waals surface area contributed by atoms with Gasteiger partial charge in [-0.15, -0.1) is 0 Å². The molecule has 4 atom stereocenters. The highest BCUT2D eigenvalue weighted by molar-refractivity contribution is 5.84. The number of carbonyl (C=O) groups excluding carboxylic acids is 2. The Morgan fingerprint density at radius 2 is 1.72 bits per heavy atom. The van der Waals surface area contributed by atoms with Crippen LogP contribution in [-0.2, 0) is 19.1 Å². The van der Waals surface area contributed by atoms with Gasteiger partial charge < -0.3 is 15.2 Å². The SMILES string of the molecule is CCCCCC(=O)CCC(=O)NC[C@H]1[C@@H](CC=CCCCC(=O)O)[C@H]2CC[C@@H]1O2. The molecule has 0 aromatic carbocycles. The summed E-state index contributed by atoms with van der Waals surface area (Å²) >= 11 is 0. The van der Waals surface area contributed by atoms with E-state index in [1.807, 2.05) is 0 Å². The van der Waals surface area contributed by atoms with Crippen LogP contribution in [0.5, 0.6) is 0 Å². The van der Waals surface area contributed by atoms with Crippen molar-refractivity contribution in [1.29, 1.82) is 0 Å². The van der Waals surface area contributed by atoms with Crippen LogP contribution in [0.3, 0.4) is 0 Å². The van der Waals surface area contributed by atoms with Crippen LogP contribution in [0.4, 0.5) is 0 Å². The molecule has 29 heavy (non-hydrogen) atoms. The van der Waals surface area contributed by atoms with E-state index in [0.717, 1.165) is 44.9 Å². The first-order chi connectivity index (χ1) is 14.0. The van der Waals surface area contributed by atoms with Crippen LogP contribution in [0.2, 0.25) is 0 Å². The fourth-order valence-corrected chi connectivity index (χ4v) is 4.49. The van der Waals surface area contributed by atoms with Gasteiger partial charge in [0.25, 0.3) is 0 Å². The van der Waals surface area contributed by atoms with Gasteiger partial charge in [0.1, 0.15) is 5.78 Å². The molecule has 6 heteroatoms. The highest BCUT2D eigenvalue weighted by Crippen LogP contribution is 2.44. The third-order valence-corrected chi connectivity index (χ3v) is 6.15. The Balaban J connectivity index is 1.68. The fraction of sp³-hybridized carbons (Fsp3) is 0.783. The zero-order chi connectivity index (χ0) is 21.1. The molecule has 2 saturated heterocycles. The van der Waals surface area contributed by atoms with Crippen molar-refractivity contribution >= 4 is 17.7 Å². The van der Waals surface area contributed by atoms with E-state index in [2.05, 4.69) is 24.4 Å². The predicted octanol–water partition coefficient (Wildman–Crippen LogP) is 4.03. The normalized spacial score (nSPS) is 25.6. The molecule has 0 saturated carbocycles. The number of carbonyl (C=O) groups is 3. The Hall–Kier alpha value is -1.69. The summed E-state index contributed by atoms with van der Waals surface area (Å²) in [4.78, 5) is 34.5. The van der Waals surface area contributed by atoms with Crippen LogP contribution >= 0.6 is 0 Å². The van der Waals surface area contributed by atoms with Gasteiger partial charge in [0.05, 0.1) is 12.2 Å². The van der Waals surface area contributed by atoms with Crippen molar-refractivity contribution in [2.24, 2.45) is 11.8 Å². The molecule has 0 spiro atoms. The van der Waals surface area contributed by atoms with Gasteiger partial charge in [-0.05, 0) is 44.4 Å². The maximum atomic E-state index is 12.2. The minimum atomic E-state index is -0.752. The summed E-state index contributed by atoms with van der Waals surface area (Å²) in [6, 6.07) is 0. The Kier molecular flexibility index (Phi) is 10.4. The topological polar surface area (TPSA) is 92.7 Å². The molecule has 6 nitrogen and oxygen atoms in total. The summed E-state index contributed by atoms with van der Waals surface area (Å²) in [6.07, 6.45) is 13.7. The second kappa shape index (κ2) is 12.8. The number of hydrogen-bond acceptors (Lipinski definition) is 4. The number of Topliss-reactive ketones (excluding diaryl/α,β-unsaturated/α-hetero) is 1. The molecule has 2 N–H and O–H groups in total. The van der Waals surface area contributed by atoms with E-state index in [-0.39, 0.29) is 36.7 Å². The van der Waals surface area contributed by atoms with Crippen molar-refractivity contribution in [1.82, 2.24) is 5.32 Å². The molecule has 0 aromatic rings. The summed E-state index contributed by atoms with van der Waals surface area (Å²) in [6.45, 7) is 2.72. The minimum Gasteiger partial charge on any atom is -0.481 e. The lowest BCUT2D eigenvalue weighted by molar-refractivity contribution is -0.137. The van der Waals surface area contributed by atoms with E-state index in [1.54, 1.807) is 0 Å². The average Bonchev–Trinajstić information content (AvgIpc) is 3.29. The Labute approximate surface area is 174 Å². The molecule has 2 fully saturated rings. The second-order valence-electron chi connectivity index (χ2n) is 8.41. The monoisotopic (exact) mass is 407 g/mol. The van der Waals surface area contributed by atoms with Gasteiger partial charge in [-0.3, -0.25) is 14.4 Å².